The summed E-state index contributed by atoms with van der Waals surface area (Å²) in [5.41, 5.74) is 2.13. The van der Waals surface area contributed by atoms with Crippen molar-refractivity contribution in [3.63, 3.8) is 0 Å². The number of carboxylic acids is 1. The number of aromatic amines is 1. The molecule has 1 N–H and O–H groups in total. The number of rotatable bonds is 3. The largest absolute Gasteiger partial charge is 1.00 e. The zero-order chi connectivity index (χ0) is 16.0. The second kappa shape index (κ2) is 6.60. The normalized spacial score (nSPS) is 20.2. The first kappa shape index (κ1) is 17.0. The molecule has 8 heteroatoms. The Labute approximate surface area is 163 Å². The van der Waals surface area contributed by atoms with Crippen molar-refractivity contribution in [3.8, 4) is 11.4 Å². The van der Waals surface area contributed by atoms with Crippen molar-refractivity contribution in [1.82, 2.24) is 14.9 Å². The number of imidazole rings is 1. The summed E-state index contributed by atoms with van der Waals surface area (Å²) in [6, 6.07) is 9.65. The van der Waals surface area contributed by atoms with Crippen LogP contribution in [-0.2, 0) is 9.59 Å². The van der Waals surface area contributed by atoms with E-state index >= 15 is 0 Å². The maximum Gasteiger partial charge on any atom is 1.00 e. The molecule has 0 radical (unpaired) electrons. The molecule has 2 aliphatic rings. The number of carbonyl (C=O) groups excluding carboxylic acids is 2. The molecule has 114 valence electrons. The zero-order valence-electron chi connectivity index (χ0n) is 12.7. The first-order valence-electron chi connectivity index (χ1n) is 6.88. The van der Waals surface area contributed by atoms with Crippen molar-refractivity contribution in [3.05, 3.63) is 58.9 Å². The monoisotopic (exact) mass is 347 g/mol. The summed E-state index contributed by atoms with van der Waals surface area (Å²) in [7, 11) is 0. The van der Waals surface area contributed by atoms with Gasteiger partial charge in [-0.25, -0.2) is 4.98 Å². The molecule has 1 aromatic carbocycles. The Balaban J connectivity index is 0.00000169. The number of thioether (sulfide) groups is 1. The van der Waals surface area contributed by atoms with Gasteiger partial charge in [0, 0.05) is 5.56 Å². The first-order chi connectivity index (χ1) is 11.1. The van der Waals surface area contributed by atoms with Crippen molar-refractivity contribution in [2.75, 3.05) is 0 Å². The van der Waals surface area contributed by atoms with Crippen molar-refractivity contribution in [2.45, 2.75) is 5.37 Å². The minimum Gasteiger partial charge on any atom is -0.543 e. The maximum atomic E-state index is 12.1. The van der Waals surface area contributed by atoms with E-state index in [0.29, 0.717) is 17.1 Å². The van der Waals surface area contributed by atoms with Crippen LogP contribution in [0.4, 0.5) is 0 Å². The summed E-state index contributed by atoms with van der Waals surface area (Å²) in [5.74, 6) is -0.930. The van der Waals surface area contributed by atoms with E-state index in [1.165, 1.54) is 22.1 Å². The van der Waals surface area contributed by atoms with Gasteiger partial charge in [0.15, 0.2) is 0 Å². The molecule has 0 bridgehead atoms. The number of hydrogen-bond acceptors (Lipinski definition) is 5. The molecular weight excluding hydrogens is 337 g/mol. The number of nitrogens with one attached hydrogen (secondary N) is 1. The Bertz CT molecular complexity index is 876. The third-order valence-electron chi connectivity index (χ3n) is 3.70. The number of aliphatic carboxylic acids is 1. The van der Waals surface area contributed by atoms with Gasteiger partial charge in [0.1, 0.15) is 11.2 Å². The van der Waals surface area contributed by atoms with Gasteiger partial charge >= 0.3 is 29.6 Å². The van der Waals surface area contributed by atoms with E-state index in [-0.39, 0.29) is 46.5 Å². The third-order valence-corrected chi connectivity index (χ3v) is 4.78. The average Bonchev–Trinajstić information content (AvgIpc) is 3.18. The minimum absolute atomic E-state index is 0. The van der Waals surface area contributed by atoms with E-state index in [1.807, 2.05) is 30.3 Å². The molecule has 2 aliphatic heterocycles. The van der Waals surface area contributed by atoms with Crippen LogP contribution in [0.3, 0.4) is 0 Å². The van der Waals surface area contributed by atoms with E-state index in [4.69, 9.17) is 0 Å². The van der Waals surface area contributed by atoms with Crippen LogP contribution in [0.2, 0.25) is 0 Å². The molecule has 1 aromatic heterocycles. The molecule has 1 fully saturated rings. The molecule has 4 rings (SSSR count). The van der Waals surface area contributed by atoms with Gasteiger partial charge in [-0.3, -0.25) is 9.69 Å². The van der Waals surface area contributed by atoms with Crippen molar-refractivity contribution < 1.29 is 44.3 Å². The minimum atomic E-state index is -1.33. The van der Waals surface area contributed by atoms with Crippen molar-refractivity contribution in [2.24, 2.45) is 0 Å². The van der Waals surface area contributed by atoms with Gasteiger partial charge in [-0.1, -0.05) is 30.3 Å². The van der Waals surface area contributed by atoms with Gasteiger partial charge in [0.25, 0.3) is 5.91 Å². The van der Waals surface area contributed by atoms with E-state index in [1.54, 1.807) is 12.3 Å². The Kier molecular flexibility index (Phi) is 4.69. The van der Waals surface area contributed by atoms with Gasteiger partial charge in [-0.2, -0.15) is 0 Å². The Morgan fingerprint density at radius 1 is 1.33 bits per heavy atom. The van der Waals surface area contributed by atoms with Crippen LogP contribution in [0.5, 0.6) is 0 Å². The number of hydrogen-bond donors (Lipinski definition) is 1. The smallest absolute Gasteiger partial charge is 0.543 e. The fraction of sp³-hybridized carbons (Fsp3) is 0.0625. The second-order valence-electron chi connectivity index (χ2n) is 5.11. The van der Waals surface area contributed by atoms with Crippen LogP contribution in [0, 0.1) is 0 Å². The topological polar surface area (TPSA) is 89.1 Å². The van der Waals surface area contributed by atoms with E-state index in [9.17, 15) is 14.7 Å². The fourth-order valence-corrected chi connectivity index (χ4v) is 3.69. The van der Waals surface area contributed by atoms with Crippen LogP contribution in [0.15, 0.2) is 53.2 Å². The molecule has 24 heavy (non-hydrogen) atoms. The maximum absolute atomic E-state index is 12.1. The molecule has 0 aliphatic carbocycles. The molecule has 1 amide bonds. The number of nitrogens with zero attached hydrogens (tertiary/aromatic N) is 2. The predicted molar refractivity (Wildman–Crippen MR) is 83.3 cm³/mol. The molecule has 3 heterocycles. The number of carboxylic acid groups (broad SMARTS) is 1. The van der Waals surface area contributed by atoms with Crippen LogP contribution < -0.4 is 34.7 Å². The summed E-state index contributed by atoms with van der Waals surface area (Å²) in [6.45, 7) is 0. The molecule has 2 aromatic rings. The summed E-state index contributed by atoms with van der Waals surface area (Å²) in [6.07, 6.45) is 3.36. The van der Waals surface area contributed by atoms with Gasteiger partial charge in [-0.15, -0.1) is 11.8 Å². The fourth-order valence-electron chi connectivity index (χ4n) is 2.58. The molecule has 0 unspecified atom stereocenters. The van der Waals surface area contributed by atoms with Crippen LogP contribution in [0.1, 0.15) is 5.69 Å². The van der Waals surface area contributed by atoms with Crippen LogP contribution in [-0.4, -0.2) is 32.1 Å². The number of fused-ring (bicyclic) bond motifs is 1. The molecule has 1 saturated heterocycles. The number of amides is 1. The van der Waals surface area contributed by atoms with Gasteiger partial charge in [0.05, 0.1) is 29.1 Å². The van der Waals surface area contributed by atoms with Gasteiger partial charge in [0.2, 0.25) is 0 Å². The van der Waals surface area contributed by atoms with Crippen LogP contribution in [0.25, 0.3) is 17.5 Å². The summed E-state index contributed by atoms with van der Waals surface area (Å²) in [5, 5.41) is 12.1. The summed E-state index contributed by atoms with van der Waals surface area (Å²) < 4.78 is 0. The summed E-state index contributed by atoms with van der Waals surface area (Å²) in [4.78, 5) is 31.7. The van der Waals surface area contributed by atoms with Crippen molar-refractivity contribution >= 4 is 29.7 Å². The number of aromatic nitrogens is 2. The standard InChI is InChI=1S/C16H11N3O3S.Na/c20-14-11(15-19(14)12(8-23-15)16(21)22)6-10-7-17-13(18-10)9-4-2-1-3-5-9;/h1-8,15H,(H,17,18)(H,21,22);/q;+1/p-1/b11-6-;/t15-;/m1./s1. The van der Waals surface area contributed by atoms with Crippen molar-refractivity contribution in [1.29, 1.82) is 0 Å². The number of β-lactam (4-membered cyclic amide) rings is 1. The summed E-state index contributed by atoms with van der Waals surface area (Å²) >= 11 is 1.28. The van der Waals surface area contributed by atoms with E-state index in [0.717, 1.165) is 5.56 Å². The Morgan fingerprint density at radius 3 is 2.79 bits per heavy atom. The van der Waals surface area contributed by atoms with E-state index in [2.05, 4.69) is 9.97 Å². The predicted octanol–water partition coefficient (Wildman–Crippen LogP) is -2.03. The SMILES string of the molecule is O=C([O-])C1=CS[C@@H]2/C(=C\c3cnc(-c4ccccc4)[nH]3)C(=O)N12.[Na+]. The second-order valence-corrected chi connectivity index (χ2v) is 6.06. The Hall–Kier alpha value is -1.80. The number of H-pyrrole nitrogens is 1. The first-order valence-corrected chi connectivity index (χ1v) is 7.82. The molecular formula is C16H10N3NaO3S. The molecule has 1 atom stereocenters. The molecule has 0 saturated carbocycles. The third kappa shape index (κ3) is 2.73. The number of benzene rings is 1. The average molecular weight is 347 g/mol. The van der Waals surface area contributed by atoms with Gasteiger partial charge in [-0.05, 0) is 11.5 Å². The Morgan fingerprint density at radius 2 is 2.08 bits per heavy atom. The van der Waals surface area contributed by atoms with E-state index < -0.39 is 5.97 Å². The zero-order valence-corrected chi connectivity index (χ0v) is 15.5. The quantitative estimate of drug-likeness (QED) is 0.393. The molecule has 0 spiro atoms. The number of carbonyl (C=O) groups is 2. The molecule has 6 nitrogen and oxygen atoms in total. The van der Waals surface area contributed by atoms with Crippen LogP contribution >= 0.6 is 11.8 Å². The van der Waals surface area contributed by atoms with Gasteiger partial charge < -0.3 is 14.9 Å².